The molecule has 2 aliphatic rings. The summed E-state index contributed by atoms with van der Waals surface area (Å²) in [6.45, 7) is 15.1. The Balaban J connectivity index is 1.70. The van der Waals surface area contributed by atoms with Crippen LogP contribution in [0, 0.1) is 12.3 Å². The molecule has 4 rings (SSSR count). The molecule has 0 fully saturated rings. The van der Waals surface area contributed by atoms with Gasteiger partial charge in [0.05, 0.1) is 5.57 Å². The minimum Gasteiger partial charge on any atom is -0.512 e. The molecule has 0 aromatic heterocycles. The van der Waals surface area contributed by atoms with Crippen LogP contribution in [0.5, 0.6) is 0 Å². The third-order valence-electron chi connectivity index (χ3n) is 7.73. The first-order chi connectivity index (χ1) is 15.2. The van der Waals surface area contributed by atoms with Gasteiger partial charge < -0.3 is 5.11 Å². The van der Waals surface area contributed by atoms with E-state index in [0.29, 0.717) is 29.5 Å². The Hall–Kier alpha value is -2.68. The Morgan fingerprint density at radius 2 is 1.39 bits per heavy atom. The topological polar surface area (TPSA) is 54.4 Å². The Labute approximate surface area is 197 Å². The number of Topliss-reactive ketones (excluding diaryl/α,β-unsaturated/α-hetero) is 1. The van der Waals surface area contributed by atoms with Crippen molar-refractivity contribution < 1.29 is 14.7 Å². The Kier molecular flexibility index (Phi) is 5.47. The quantitative estimate of drug-likeness (QED) is 0.508. The van der Waals surface area contributed by atoms with E-state index < -0.39 is 0 Å². The maximum Gasteiger partial charge on any atom is 0.193 e. The fourth-order valence-electron chi connectivity index (χ4n) is 5.53. The minimum absolute atomic E-state index is 0.00432. The molecule has 0 heterocycles. The normalized spacial score (nSPS) is 21.0. The minimum atomic E-state index is -0.229. The molecule has 174 valence electrons. The highest BCUT2D eigenvalue weighted by atomic mass is 16.3. The van der Waals surface area contributed by atoms with E-state index in [0.717, 1.165) is 24.0 Å². The molecule has 0 atom stereocenters. The Bertz CT molecular complexity index is 1170. The molecule has 0 amide bonds. The third kappa shape index (κ3) is 4.18. The van der Waals surface area contributed by atoms with Gasteiger partial charge in [-0.25, -0.2) is 0 Å². The number of carbonyl (C=O) groups excluding carboxylic acids is 2. The monoisotopic (exact) mass is 444 g/mol. The highest BCUT2D eigenvalue weighted by Gasteiger charge is 2.38. The summed E-state index contributed by atoms with van der Waals surface area (Å²) in [5.41, 5.74) is 5.94. The highest BCUT2D eigenvalue weighted by Crippen LogP contribution is 2.46. The molecular weight excluding hydrogens is 408 g/mol. The van der Waals surface area contributed by atoms with Crippen molar-refractivity contribution in [2.75, 3.05) is 0 Å². The lowest BCUT2D eigenvalue weighted by Gasteiger charge is -2.42. The SMILES string of the molecule is Cc1cc2c(cc1C(=O)c1ccc(C3=C(O)CC(C)(C)CC3=O)cc1)C(C)(C)CCC2(C)C. The number of carbonyl (C=O) groups is 2. The molecule has 0 saturated heterocycles. The molecule has 1 N–H and O–H groups in total. The van der Waals surface area contributed by atoms with Gasteiger partial charge >= 0.3 is 0 Å². The van der Waals surface area contributed by atoms with Gasteiger partial charge in [0.1, 0.15) is 5.76 Å². The van der Waals surface area contributed by atoms with Crippen molar-refractivity contribution in [2.24, 2.45) is 5.41 Å². The second-order valence-corrected chi connectivity index (χ2v) is 12.1. The average Bonchev–Trinajstić information content (AvgIpc) is 2.70. The molecule has 0 aliphatic heterocycles. The lowest BCUT2D eigenvalue weighted by Crippen LogP contribution is -2.34. The molecule has 2 aromatic carbocycles. The number of aryl methyl sites for hydroxylation is 1. The molecule has 3 nitrogen and oxygen atoms in total. The van der Waals surface area contributed by atoms with Crippen molar-refractivity contribution >= 4 is 17.1 Å². The van der Waals surface area contributed by atoms with E-state index in [9.17, 15) is 14.7 Å². The van der Waals surface area contributed by atoms with Gasteiger partial charge in [-0.3, -0.25) is 9.59 Å². The number of fused-ring (bicyclic) bond motifs is 1. The number of aliphatic hydroxyl groups excluding tert-OH is 1. The van der Waals surface area contributed by atoms with Gasteiger partial charge in [0.15, 0.2) is 11.6 Å². The predicted molar refractivity (Wildman–Crippen MR) is 134 cm³/mol. The van der Waals surface area contributed by atoms with E-state index >= 15 is 0 Å². The zero-order valence-corrected chi connectivity index (χ0v) is 21.1. The van der Waals surface area contributed by atoms with Crippen molar-refractivity contribution in [3.05, 3.63) is 75.5 Å². The van der Waals surface area contributed by atoms with E-state index in [-0.39, 0.29) is 33.6 Å². The third-order valence-corrected chi connectivity index (χ3v) is 7.73. The summed E-state index contributed by atoms with van der Waals surface area (Å²) in [5, 5.41) is 10.5. The van der Waals surface area contributed by atoms with Crippen molar-refractivity contribution in [1.29, 1.82) is 0 Å². The average molecular weight is 445 g/mol. The maximum absolute atomic E-state index is 13.5. The second kappa shape index (κ2) is 7.68. The molecule has 33 heavy (non-hydrogen) atoms. The summed E-state index contributed by atoms with van der Waals surface area (Å²) in [7, 11) is 0. The first-order valence-corrected chi connectivity index (χ1v) is 12.0. The number of hydrogen-bond donors (Lipinski definition) is 1. The van der Waals surface area contributed by atoms with Gasteiger partial charge in [0.25, 0.3) is 0 Å². The number of benzene rings is 2. The molecule has 0 unspecified atom stereocenters. The van der Waals surface area contributed by atoms with Gasteiger partial charge in [0.2, 0.25) is 0 Å². The van der Waals surface area contributed by atoms with Crippen LogP contribution in [0.2, 0.25) is 0 Å². The first-order valence-electron chi connectivity index (χ1n) is 12.0. The van der Waals surface area contributed by atoms with Crippen molar-refractivity contribution in [3.8, 4) is 0 Å². The van der Waals surface area contributed by atoms with Crippen LogP contribution >= 0.6 is 0 Å². The number of hydrogen-bond acceptors (Lipinski definition) is 3. The number of rotatable bonds is 3. The molecule has 0 saturated carbocycles. The highest BCUT2D eigenvalue weighted by molar-refractivity contribution is 6.22. The maximum atomic E-state index is 13.5. The standard InChI is InChI=1S/C30H36O3/c1-18-14-22-23(30(6,7)13-12-29(22,4)5)15-21(18)27(33)20-10-8-19(9-11-20)26-24(31)16-28(2,3)17-25(26)32/h8-11,14-15,31H,12-13,16-17H2,1-7H3. The van der Waals surface area contributed by atoms with Crippen LogP contribution in [0.25, 0.3) is 5.57 Å². The zero-order chi connectivity index (χ0) is 24.3. The number of allylic oxidation sites excluding steroid dienone is 2. The molecule has 2 aliphatic carbocycles. The van der Waals surface area contributed by atoms with Crippen LogP contribution in [0.15, 0.2) is 42.2 Å². The van der Waals surface area contributed by atoms with Crippen LogP contribution in [-0.2, 0) is 15.6 Å². The summed E-state index contributed by atoms with van der Waals surface area (Å²) in [6, 6.07) is 11.5. The van der Waals surface area contributed by atoms with Gasteiger partial charge in [-0.15, -0.1) is 0 Å². The van der Waals surface area contributed by atoms with Gasteiger partial charge in [0, 0.05) is 24.0 Å². The zero-order valence-electron chi connectivity index (χ0n) is 21.1. The van der Waals surface area contributed by atoms with Gasteiger partial charge in [-0.1, -0.05) is 71.9 Å². The first kappa shape index (κ1) is 23.5. The lowest BCUT2D eigenvalue weighted by atomic mass is 9.62. The Morgan fingerprint density at radius 3 is 1.94 bits per heavy atom. The van der Waals surface area contributed by atoms with Crippen LogP contribution in [0.4, 0.5) is 0 Å². The van der Waals surface area contributed by atoms with Crippen molar-refractivity contribution in [2.45, 2.75) is 85.0 Å². The fourth-order valence-corrected chi connectivity index (χ4v) is 5.53. The second-order valence-electron chi connectivity index (χ2n) is 12.1. The van der Waals surface area contributed by atoms with Crippen LogP contribution in [0.3, 0.4) is 0 Å². The number of ketones is 2. The lowest BCUT2D eigenvalue weighted by molar-refractivity contribution is -0.116. The summed E-state index contributed by atoms with van der Waals surface area (Å²) in [5.74, 6) is 0.0965. The smallest absolute Gasteiger partial charge is 0.193 e. The summed E-state index contributed by atoms with van der Waals surface area (Å²) in [4.78, 5) is 26.2. The fraction of sp³-hybridized carbons (Fsp3) is 0.467. The van der Waals surface area contributed by atoms with Crippen molar-refractivity contribution in [3.63, 3.8) is 0 Å². The molecule has 0 bridgehead atoms. The Morgan fingerprint density at radius 1 is 0.848 bits per heavy atom. The van der Waals surface area contributed by atoms with Crippen molar-refractivity contribution in [1.82, 2.24) is 0 Å². The van der Waals surface area contributed by atoms with E-state index in [1.807, 2.05) is 20.8 Å². The molecule has 3 heteroatoms. The molecular formula is C30H36O3. The summed E-state index contributed by atoms with van der Waals surface area (Å²) < 4.78 is 0. The number of aliphatic hydroxyl groups is 1. The van der Waals surface area contributed by atoms with E-state index in [1.54, 1.807) is 24.3 Å². The van der Waals surface area contributed by atoms with Crippen LogP contribution < -0.4 is 0 Å². The van der Waals surface area contributed by atoms with Gasteiger partial charge in [-0.2, -0.15) is 0 Å². The van der Waals surface area contributed by atoms with E-state index in [1.165, 1.54) is 11.1 Å². The predicted octanol–water partition coefficient (Wildman–Crippen LogP) is 7.23. The van der Waals surface area contributed by atoms with Gasteiger partial charge in [-0.05, 0) is 64.3 Å². The summed E-state index contributed by atoms with van der Waals surface area (Å²) >= 11 is 0. The largest absolute Gasteiger partial charge is 0.512 e. The van der Waals surface area contributed by atoms with Crippen LogP contribution in [-0.4, -0.2) is 16.7 Å². The van der Waals surface area contributed by atoms with Crippen LogP contribution in [0.1, 0.15) is 105 Å². The van der Waals surface area contributed by atoms with E-state index in [4.69, 9.17) is 0 Å². The molecule has 2 aromatic rings. The van der Waals surface area contributed by atoms with E-state index in [2.05, 4.69) is 39.8 Å². The molecule has 0 radical (unpaired) electrons. The molecule has 0 spiro atoms. The summed E-state index contributed by atoms with van der Waals surface area (Å²) in [6.07, 6.45) is 3.13.